The molecular weight excluding hydrogens is 450 g/mol. The number of hydrogen-bond acceptors (Lipinski definition) is 4. The molecule has 6 nitrogen and oxygen atoms in total. The van der Waals surface area contributed by atoms with Crippen LogP contribution in [0.4, 0.5) is 0 Å². The second kappa shape index (κ2) is 10.3. The standard InChI is InChI=1S/C30H37N3O3/c1-17(2)27-26(16-31-21(6)29(27)34)30(35)23-13-20(5)28-24(14-23)25(15-32-28)19(4)8-7-18(3)22-9-11-33(36)12-10-22/h9-19,30,32,35H,7-8H2,1-6H3,(H-,34,36)/p+1. The first-order valence-corrected chi connectivity index (χ1v) is 12.8. The highest BCUT2D eigenvalue weighted by Gasteiger charge is 2.23. The van der Waals surface area contributed by atoms with Crippen molar-refractivity contribution < 1.29 is 20.2 Å². The molecule has 3 unspecified atom stereocenters. The molecule has 3 heterocycles. The molecule has 0 amide bonds. The van der Waals surface area contributed by atoms with Gasteiger partial charge in [-0.1, -0.05) is 33.8 Å². The van der Waals surface area contributed by atoms with Crippen LogP contribution in [-0.2, 0) is 0 Å². The zero-order chi connectivity index (χ0) is 26.1. The summed E-state index contributed by atoms with van der Waals surface area (Å²) in [4.78, 5) is 7.78. The smallest absolute Gasteiger partial charge is 0.222 e. The van der Waals surface area contributed by atoms with E-state index in [0.717, 1.165) is 45.2 Å². The number of nitrogens with zero attached hydrogens (tertiary/aromatic N) is 2. The fraction of sp³-hybridized carbons (Fsp3) is 0.400. The Balaban J connectivity index is 1.63. The summed E-state index contributed by atoms with van der Waals surface area (Å²) in [6.45, 7) is 12.3. The Hall–Kier alpha value is -3.38. The fourth-order valence-corrected chi connectivity index (χ4v) is 5.24. The zero-order valence-corrected chi connectivity index (χ0v) is 22.1. The highest BCUT2D eigenvalue weighted by molar-refractivity contribution is 5.87. The minimum atomic E-state index is -0.880. The maximum absolute atomic E-state index is 11.4. The lowest BCUT2D eigenvalue weighted by molar-refractivity contribution is -0.904. The lowest BCUT2D eigenvalue weighted by atomic mass is 9.87. The predicted molar refractivity (Wildman–Crippen MR) is 142 cm³/mol. The van der Waals surface area contributed by atoms with Gasteiger partial charge in [0.25, 0.3) is 0 Å². The molecule has 190 valence electrons. The molecule has 3 atom stereocenters. The van der Waals surface area contributed by atoms with Crippen molar-refractivity contribution in [3.05, 3.63) is 88.1 Å². The Morgan fingerprint density at radius 2 is 1.61 bits per heavy atom. The molecule has 0 saturated carbocycles. The monoisotopic (exact) mass is 488 g/mol. The van der Waals surface area contributed by atoms with Crippen LogP contribution in [-0.4, -0.2) is 25.4 Å². The van der Waals surface area contributed by atoms with Crippen LogP contribution < -0.4 is 4.73 Å². The number of aromatic amines is 1. The van der Waals surface area contributed by atoms with Crippen LogP contribution in [0.1, 0.15) is 103 Å². The first-order chi connectivity index (χ1) is 17.1. The molecule has 6 heteroatoms. The van der Waals surface area contributed by atoms with Crippen molar-refractivity contribution in [2.24, 2.45) is 0 Å². The van der Waals surface area contributed by atoms with Gasteiger partial charge in [0.05, 0.1) is 5.69 Å². The van der Waals surface area contributed by atoms with Gasteiger partial charge in [-0.15, -0.1) is 0 Å². The van der Waals surface area contributed by atoms with Crippen LogP contribution >= 0.6 is 0 Å². The van der Waals surface area contributed by atoms with Gasteiger partial charge in [-0.2, -0.15) is 0 Å². The summed E-state index contributed by atoms with van der Waals surface area (Å²) in [7, 11) is 0. The van der Waals surface area contributed by atoms with E-state index in [0.29, 0.717) is 23.1 Å². The largest absolute Gasteiger partial charge is 0.506 e. The van der Waals surface area contributed by atoms with Gasteiger partial charge >= 0.3 is 0 Å². The molecular formula is C30H38N3O3+. The minimum absolute atomic E-state index is 0.0539. The fourth-order valence-electron chi connectivity index (χ4n) is 5.24. The molecule has 4 N–H and O–H groups in total. The summed E-state index contributed by atoms with van der Waals surface area (Å²) in [5.41, 5.74) is 7.39. The Bertz CT molecular complexity index is 1360. The van der Waals surface area contributed by atoms with Gasteiger partial charge in [0, 0.05) is 51.3 Å². The highest BCUT2D eigenvalue weighted by Crippen LogP contribution is 2.39. The van der Waals surface area contributed by atoms with Crippen LogP contribution in [0.3, 0.4) is 0 Å². The van der Waals surface area contributed by atoms with Crippen molar-refractivity contribution in [3.63, 3.8) is 0 Å². The van der Waals surface area contributed by atoms with E-state index < -0.39 is 6.10 Å². The number of aromatic nitrogens is 3. The highest BCUT2D eigenvalue weighted by atomic mass is 16.5. The lowest BCUT2D eigenvalue weighted by Gasteiger charge is -2.21. The summed E-state index contributed by atoms with van der Waals surface area (Å²) in [6, 6.07) is 8.02. The van der Waals surface area contributed by atoms with Crippen LogP contribution in [0.2, 0.25) is 0 Å². The molecule has 0 aliphatic heterocycles. The van der Waals surface area contributed by atoms with Gasteiger partial charge in [-0.25, -0.2) is 0 Å². The molecule has 0 radical (unpaired) electrons. The van der Waals surface area contributed by atoms with Crippen LogP contribution in [0, 0.1) is 13.8 Å². The third-order valence-corrected chi connectivity index (χ3v) is 7.51. The number of rotatable bonds is 8. The van der Waals surface area contributed by atoms with Crippen molar-refractivity contribution >= 4 is 10.9 Å². The van der Waals surface area contributed by atoms with Crippen molar-refractivity contribution in [2.45, 2.75) is 78.2 Å². The average molecular weight is 489 g/mol. The normalized spacial score (nSPS) is 14.3. The van der Waals surface area contributed by atoms with Gasteiger partial charge in [-0.3, -0.25) is 10.2 Å². The second-order valence-corrected chi connectivity index (χ2v) is 10.5. The molecule has 1 aromatic carbocycles. The molecule has 0 aliphatic carbocycles. The molecule has 0 fully saturated rings. The van der Waals surface area contributed by atoms with Gasteiger partial charge in [-0.05, 0) is 72.8 Å². The molecule has 0 spiro atoms. The summed E-state index contributed by atoms with van der Waals surface area (Å²) < 4.78 is 1.07. The van der Waals surface area contributed by atoms with Gasteiger partial charge in [0.15, 0.2) is 0 Å². The van der Waals surface area contributed by atoms with E-state index in [1.807, 2.05) is 32.0 Å². The first kappa shape index (κ1) is 25.7. The van der Waals surface area contributed by atoms with Crippen LogP contribution in [0.5, 0.6) is 5.75 Å². The lowest BCUT2D eigenvalue weighted by Crippen LogP contribution is -2.28. The number of aryl methyl sites for hydroxylation is 2. The van der Waals surface area contributed by atoms with E-state index in [-0.39, 0.29) is 11.7 Å². The molecule has 0 bridgehead atoms. The average Bonchev–Trinajstić information content (AvgIpc) is 3.28. The quantitative estimate of drug-likeness (QED) is 0.173. The Kier molecular flexibility index (Phi) is 7.36. The Morgan fingerprint density at radius 3 is 2.28 bits per heavy atom. The van der Waals surface area contributed by atoms with E-state index in [4.69, 9.17) is 0 Å². The van der Waals surface area contributed by atoms with Crippen molar-refractivity contribution in [1.29, 1.82) is 0 Å². The maximum atomic E-state index is 11.4. The van der Waals surface area contributed by atoms with E-state index >= 15 is 0 Å². The number of benzene rings is 1. The number of fused-ring (bicyclic) bond motifs is 1. The summed E-state index contributed by atoms with van der Waals surface area (Å²) in [5.74, 6) is 0.930. The van der Waals surface area contributed by atoms with E-state index in [1.54, 1.807) is 25.5 Å². The predicted octanol–water partition coefficient (Wildman–Crippen LogP) is 6.30. The van der Waals surface area contributed by atoms with Crippen LogP contribution in [0.25, 0.3) is 10.9 Å². The Labute approximate surface area is 213 Å². The van der Waals surface area contributed by atoms with Gasteiger partial charge in [0.1, 0.15) is 11.9 Å². The van der Waals surface area contributed by atoms with Gasteiger partial charge in [0.2, 0.25) is 12.4 Å². The number of aliphatic hydroxyl groups excluding tert-OH is 1. The van der Waals surface area contributed by atoms with E-state index in [9.17, 15) is 15.4 Å². The minimum Gasteiger partial charge on any atom is -0.506 e. The van der Waals surface area contributed by atoms with Crippen molar-refractivity contribution in [2.75, 3.05) is 0 Å². The number of hydrogen-bond donors (Lipinski definition) is 4. The van der Waals surface area contributed by atoms with Crippen molar-refractivity contribution in [1.82, 2.24) is 9.97 Å². The maximum Gasteiger partial charge on any atom is 0.222 e. The number of aromatic hydroxyl groups is 1. The van der Waals surface area contributed by atoms with E-state index in [2.05, 4.69) is 43.0 Å². The number of pyridine rings is 2. The van der Waals surface area contributed by atoms with Crippen LogP contribution in [0.15, 0.2) is 49.1 Å². The van der Waals surface area contributed by atoms with E-state index in [1.165, 1.54) is 11.1 Å². The topological polar surface area (TPSA) is 93.3 Å². The summed E-state index contributed by atoms with van der Waals surface area (Å²) >= 11 is 0. The molecule has 4 aromatic rings. The summed E-state index contributed by atoms with van der Waals surface area (Å²) in [6.07, 6.45) is 8.28. The third kappa shape index (κ3) is 4.96. The van der Waals surface area contributed by atoms with Crippen molar-refractivity contribution in [3.8, 4) is 5.75 Å². The first-order valence-electron chi connectivity index (χ1n) is 12.8. The van der Waals surface area contributed by atoms with Gasteiger partial charge < -0.3 is 15.2 Å². The molecule has 36 heavy (non-hydrogen) atoms. The number of nitrogens with one attached hydrogen (secondary N) is 1. The summed E-state index contributed by atoms with van der Waals surface area (Å²) in [5, 5.41) is 32.7. The Morgan fingerprint density at radius 1 is 0.944 bits per heavy atom. The number of aliphatic hydroxyl groups is 1. The molecule has 3 aromatic heterocycles. The third-order valence-electron chi connectivity index (χ3n) is 7.51. The zero-order valence-electron chi connectivity index (χ0n) is 22.1. The SMILES string of the molecule is Cc1ncc(C(O)c2cc(C)c3[nH]cc(C(C)CCC(C)c4cc[n+](O)cc4)c3c2)c(C(C)C)c1O. The molecule has 0 aliphatic rings. The molecule has 0 saturated heterocycles. The second-order valence-electron chi connectivity index (χ2n) is 10.5. The molecule has 4 rings (SSSR count). The number of H-pyrrole nitrogens is 1.